The first-order chi connectivity index (χ1) is 9.79. The normalized spacial score (nSPS) is 26.9. The van der Waals surface area contributed by atoms with E-state index < -0.39 is 0 Å². The van der Waals surface area contributed by atoms with E-state index in [9.17, 15) is 9.90 Å². The summed E-state index contributed by atoms with van der Waals surface area (Å²) in [5.41, 5.74) is 2.06. The van der Waals surface area contributed by atoms with Gasteiger partial charge in [0.1, 0.15) is 0 Å². The number of hydrogen-bond acceptors (Lipinski definition) is 4. The van der Waals surface area contributed by atoms with Gasteiger partial charge in [-0.05, 0) is 12.8 Å². The lowest BCUT2D eigenvalue weighted by Crippen LogP contribution is -2.53. The largest absolute Gasteiger partial charge is 0.394 e. The number of H-pyrrole nitrogens is 1. The van der Waals surface area contributed by atoms with Gasteiger partial charge >= 0.3 is 0 Å². The summed E-state index contributed by atoms with van der Waals surface area (Å²) in [4.78, 5) is 22.0. The van der Waals surface area contributed by atoms with Crippen molar-refractivity contribution in [2.45, 2.75) is 50.7 Å². The maximum Gasteiger partial charge on any atom is 0.240 e. The summed E-state index contributed by atoms with van der Waals surface area (Å²) in [7, 11) is 0. The Labute approximate surface area is 118 Å². The highest BCUT2D eigenvalue weighted by atomic mass is 16.3. The Bertz CT molecular complexity index is 473. The van der Waals surface area contributed by atoms with E-state index in [1.807, 2.05) is 4.90 Å². The molecule has 2 aliphatic heterocycles. The monoisotopic (exact) mass is 278 g/mol. The topological polar surface area (TPSA) is 81.2 Å². The van der Waals surface area contributed by atoms with Crippen molar-refractivity contribution in [2.75, 3.05) is 13.2 Å². The second-order valence-electron chi connectivity index (χ2n) is 5.68. The van der Waals surface area contributed by atoms with E-state index in [0.29, 0.717) is 13.0 Å². The molecule has 20 heavy (non-hydrogen) atoms. The molecule has 2 atom stereocenters. The Morgan fingerprint density at radius 3 is 3.20 bits per heavy atom. The Morgan fingerprint density at radius 1 is 1.45 bits per heavy atom. The average Bonchev–Trinajstić information content (AvgIpc) is 2.81. The molecule has 1 aromatic heterocycles. The molecule has 2 aliphatic rings. The van der Waals surface area contributed by atoms with Crippen LogP contribution in [0.4, 0.5) is 0 Å². The van der Waals surface area contributed by atoms with Crippen LogP contribution in [0.1, 0.15) is 37.1 Å². The maximum absolute atomic E-state index is 12.7. The molecule has 6 nitrogen and oxygen atoms in total. The summed E-state index contributed by atoms with van der Waals surface area (Å²) < 4.78 is 0. The van der Waals surface area contributed by atoms with Gasteiger partial charge in [0.2, 0.25) is 5.91 Å². The molecule has 0 spiro atoms. The highest BCUT2D eigenvalue weighted by Gasteiger charge is 2.32. The van der Waals surface area contributed by atoms with Crippen molar-refractivity contribution in [3.8, 4) is 0 Å². The van der Waals surface area contributed by atoms with Gasteiger partial charge in [0.05, 0.1) is 36.4 Å². The number of amides is 1. The lowest BCUT2D eigenvalue weighted by molar-refractivity contribution is -0.136. The molecule has 3 rings (SSSR count). The van der Waals surface area contributed by atoms with E-state index in [1.54, 1.807) is 6.33 Å². The minimum atomic E-state index is -0.210. The van der Waals surface area contributed by atoms with Crippen LogP contribution in [0, 0.1) is 0 Å². The third-order valence-corrected chi connectivity index (χ3v) is 4.40. The molecule has 110 valence electrons. The quantitative estimate of drug-likeness (QED) is 0.721. The Kier molecular flexibility index (Phi) is 4.03. The molecular formula is C14H22N4O2. The van der Waals surface area contributed by atoms with Crippen LogP contribution in [-0.4, -0.2) is 51.1 Å². The summed E-state index contributed by atoms with van der Waals surface area (Å²) in [6.45, 7) is 1.48. The molecule has 0 radical (unpaired) electrons. The summed E-state index contributed by atoms with van der Waals surface area (Å²) in [5, 5.41) is 12.8. The molecule has 3 N–H and O–H groups in total. The molecule has 2 unspecified atom stereocenters. The predicted molar refractivity (Wildman–Crippen MR) is 74.0 cm³/mol. The SMILES string of the molecule is O=C(C1Cc2nc[nH]c2CN1)N1CCCCCC1CO. The summed E-state index contributed by atoms with van der Waals surface area (Å²) in [5.74, 6) is 0.111. The van der Waals surface area contributed by atoms with Crippen molar-refractivity contribution in [1.29, 1.82) is 0 Å². The highest BCUT2D eigenvalue weighted by molar-refractivity contribution is 5.82. The van der Waals surface area contributed by atoms with E-state index in [2.05, 4.69) is 15.3 Å². The van der Waals surface area contributed by atoms with Crippen LogP contribution in [-0.2, 0) is 17.8 Å². The fourth-order valence-corrected chi connectivity index (χ4v) is 3.20. The first kappa shape index (κ1) is 13.6. The average molecular weight is 278 g/mol. The van der Waals surface area contributed by atoms with Crippen LogP contribution in [0.15, 0.2) is 6.33 Å². The number of nitrogens with one attached hydrogen (secondary N) is 2. The maximum atomic E-state index is 12.7. The molecule has 1 saturated heterocycles. The Hall–Kier alpha value is -1.40. The molecule has 1 fully saturated rings. The van der Waals surface area contributed by atoms with E-state index in [1.165, 1.54) is 0 Å². The fourth-order valence-electron chi connectivity index (χ4n) is 3.20. The van der Waals surface area contributed by atoms with E-state index in [-0.39, 0.29) is 24.6 Å². The molecule has 0 aliphatic carbocycles. The highest BCUT2D eigenvalue weighted by Crippen LogP contribution is 2.20. The van der Waals surface area contributed by atoms with Gasteiger partial charge in [-0.25, -0.2) is 4.98 Å². The number of imidazole rings is 1. The number of carbonyl (C=O) groups is 1. The molecule has 3 heterocycles. The van der Waals surface area contributed by atoms with E-state index in [0.717, 1.165) is 43.6 Å². The van der Waals surface area contributed by atoms with Gasteiger partial charge in [0.25, 0.3) is 0 Å². The van der Waals surface area contributed by atoms with Gasteiger partial charge < -0.3 is 15.0 Å². The number of carbonyl (C=O) groups excluding carboxylic acids is 1. The van der Waals surface area contributed by atoms with Crippen molar-refractivity contribution >= 4 is 5.91 Å². The summed E-state index contributed by atoms with van der Waals surface area (Å²) in [6, 6.07) is -0.231. The van der Waals surface area contributed by atoms with E-state index in [4.69, 9.17) is 0 Å². The lowest BCUT2D eigenvalue weighted by atomic mass is 10.0. The van der Waals surface area contributed by atoms with Crippen molar-refractivity contribution in [2.24, 2.45) is 0 Å². The van der Waals surface area contributed by atoms with Crippen molar-refractivity contribution in [3.05, 3.63) is 17.7 Å². The van der Waals surface area contributed by atoms with Gasteiger partial charge in [-0.3, -0.25) is 10.1 Å². The van der Waals surface area contributed by atoms with Gasteiger partial charge in [0.15, 0.2) is 0 Å². The second-order valence-corrected chi connectivity index (χ2v) is 5.68. The zero-order chi connectivity index (χ0) is 13.9. The Morgan fingerprint density at radius 2 is 2.35 bits per heavy atom. The number of nitrogens with zero attached hydrogens (tertiary/aromatic N) is 2. The van der Waals surface area contributed by atoms with Gasteiger partial charge in [-0.2, -0.15) is 0 Å². The van der Waals surface area contributed by atoms with Crippen LogP contribution in [0.5, 0.6) is 0 Å². The second kappa shape index (κ2) is 5.93. The molecule has 1 amide bonds. The van der Waals surface area contributed by atoms with E-state index >= 15 is 0 Å². The smallest absolute Gasteiger partial charge is 0.240 e. The fraction of sp³-hybridized carbons (Fsp3) is 0.714. The molecular weight excluding hydrogens is 256 g/mol. The Balaban J connectivity index is 1.71. The minimum Gasteiger partial charge on any atom is -0.394 e. The predicted octanol–water partition coefficient (Wildman–Crippen LogP) is 0.188. The van der Waals surface area contributed by atoms with Gasteiger partial charge in [0, 0.05) is 19.5 Å². The molecule has 0 aromatic carbocycles. The van der Waals surface area contributed by atoms with Crippen LogP contribution in [0.25, 0.3) is 0 Å². The first-order valence-electron chi connectivity index (χ1n) is 7.45. The number of likely N-dealkylation sites (tertiary alicyclic amines) is 1. The number of hydrogen-bond donors (Lipinski definition) is 3. The standard InChI is InChI=1S/C14H22N4O2/c19-8-10-4-2-1-3-5-18(10)14(20)12-6-11-13(7-15-12)17-9-16-11/h9-10,12,15,19H,1-8H2,(H,16,17). The summed E-state index contributed by atoms with van der Waals surface area (Å²) in [6.07, 6.45) is 6.48. The summed E-state index contributed by atoms with van der Waals surface area (Å²) >= 11 is 0. The zero-order valence-corrected chi connectivity index (χ0v) is 11.6. The van der Waals surface area contributed by atoms with Crippen LogP contribution >= 0.6 is 0 Å². The number of aromatic nitrogens is 2. The molecule has 0 bridgehead atoms. The number of aliphatic hydroxyl groups excluding tert-OH is 1. The molecule has 1 aromatic rings. The van der Waals surface area contributed by atoms with Crippen molar-refractivity contribution < 1.29 is 9.90 Å². The third kappa shape index (κ3) is 2.58. The zero-order valence-electron chi connectivity index (χ0n) is 11.6. The number of aliphatic hydroxyl groups is 1. The minimum absolute atomic E-state index is 0.0209. The number of rotatable bonds is 2. The number of aromatic amines is 1. The molecule has 0 saturated carbocycles. The van der Waals surface area contributed by atoms with Gasteiger partial charge in [-0.15, -0.1) is 0 Å². The molecule has 6 heteroatoms. The first-order valence-corrected chi connectivity index (χ1v) is 7.45. The van der Waals surface area contributed by atoms with Crippen molar-refractivity contribution in [3.63, 3.8) is 0 Å². The van der Waals surface area contributed by atoms with Gasteiger partial charge in [-0.1, -0.05) is 12.8 Å². The lowest BCUT2D eigenvalue weighted by Gasteiger charge is -2.33. The van der Waals surface area contributed by atoms with Crippen LogP contribution in [0.2, 0.25) is 0 Å². The number of fused-ring (bicyclic) bond motifs is 1. The van der Waals surface area contributed by atoms with Crippen LogP contribution < -0.4 is 5.32 Å². The third-order valence-electron chi connectivity index (χ3n) is 4.40. The van der Waals surface area contributed by atoms with Crippen LogP contribution in [0.3, 0.4) is 0 Å². The van der Waals surface area contributed by atoms with Crippen molar-refractivity contribution in [1.82, 2.24) is 20.2 Å².